The van der Waals surface area contributed by atoms with E-state index in [1.807, 2.05) is 6.92 Å². The SMILES string of the molecule is CCCC(CCO)CNS(=O)(=O)c1ccc(N)c(F)c1. The zero-order valence-corrected chi connectivity index (χ0v) is 12.3. The van der Waals surface area contributed by atoms with Gasteiger partial charge < -0.3 is 10.8 Å². The highest BCUT2D eigenvalue weighted by Gasteiger charge is 2.17. The Morgan fingerprint density at radius 2 is 2.10 bits per heavy atom. The van der Waals surface area contributed by atoms with E-state index in [0.717, 1.165) is 18.9 Å². The van der Waals surface area contributed by atoms with Gasteiger partial charge in [-0.3, -0.25) is 0 Å². The second-order valence-corrected chi connectivity index (χ2v) is 6.47. The van der Waals surface area contributed by atoms with Crippen LogP contribution in [0.1, 0.15) is 26.2 Å². The van der Waals surface area contributed by atoms with Crippen LogP contribution in [0, 0.1) is 11.7 Å². The third-order valence-corrected chi connectivity index (χ3v) is 4.50. The van der Waals surface area contributed by atoms with Crippen LogP contribution in [0.15, 0.2) is 23.1 Å². The standard InChI is InChI=1S/C13H21FN2O3S/c1-2-3-10(6-7-17)9-16-20(18,19)11-4-5-13(15)12(14)8-11/h4-5,8,10,16-17H,2-3,6-7,9,15H2,1H3. The summed E-state index contributed by atoms with van der Waals surface area (Å²) in [6.45, 7) is 2.24. The monoisotopic (exact) mass is 304 g/mol. The van der Waals surface area contributed by atoms with Crippen molar-refractivity contribution in [2.24, 2.45) is 5.92 Å². The van der Waals surface area contributed by atoms with Crippen molar-refractivity contribution in [3.8, 4) is 0 Å². The van der Waals surface area contributed by atoms with E-state index in [1.54, 1.807) is 0 Å². The van der Waals surface area contributed by atoms with Gasteiger partial charge in [-0.2, -0.15) is 0 Å². The molecule has 1 atom stereocenters. The Labute approximate surface area is 119 Å². The summed E-state index contributed by atoms with van der Waals surface area (Å²) in [4.78, 5) is -0.150. The molecule has 4 N–H and O–H groups in total. The highest BCUT2D eigenvalue weighted by Crippen LogP contribution is 2.17. The molecule has 0 fully saturated rings. The van der Waals surface area contributed by atoms with Crippen LogP contribution in [0.5, 0.6) is 0 Å². The van der Waals surface area contributed by atoms with Gasteiger partial charge in [-0.05, 0) is 37.0 Å². The summed E-state index contributed by atoms with van der Waals surface area (Å²) in [7, 11) is -3.76. The van der Waals surface area contributed by atoms with E-state index in [9.17, 15) is 12.8 Å². The summed E-state index contributed by atoms with van der Waals surface area (Å²) in [5.74, 6) is -0.688. The molecule has 0 saturated carbocycles. The second kappa shape index (κ2) is 7.56. The molecule has 0 aliphatic carbocycles. The maximum absolute atomic E-state index is 13.3. The number of benzene rings is 1. The first-order valence-corrected chi connectivity index (χ1v) is 8.04. The van der Waals surface area contributed by atoms with Crippen LogP contribution in [0.25, 0.3) is 0 Å². The highest BCUT2D eigenvalue weighted by atomic mass is 32.2. The number of nitrogens with one attached hydrogen (secondary N) is 1. The van der Waals surface area contributed by atoms with E-state index in [1.165, 1.54) is 12.1 Å². The summed E-state index contributed by atoms with van der Waals surface area (Å²) in [6, 6.07) is 3.39. The molecule has 5 nitrogen and oxygen atoms in total. The van der Waals surface area contributed by atoms with Crippen molar-refractivity contribution < 1.29 is 17.9 Å². The number of aliphatic hydroxyl groups excluding tert-OH is 1. The predicted molar refractivity (Wildman–Crippen MR) is 76.1 cm³/mol. The van der Waals surface area contributed by atoms with Gasteiger partial charge in [-0.15, -0.1) is 0 Å². The first-order valence-electron chi connectivity index (χ1n) is 6.56. The van der Waals surface area contributed by atoms with Gasteiger partial charge in [0, 0.05) is 13.2 Å². The normalized spacial score (nSPS) is 13.3. The first kappa shape index (κ1) is 16.9. The summed E-state index contributed by atoms with van der Waals surface area (Å²) < 4.78 is 39.8. The van der Waals surface area contributed by atoms with E-state index in [2.05, 4.69) is 4.72 Å². The van der Waals surface area contributed by atoms with Crippen molar-refractivity contribution in [3.05, 3.63) is 24.0 Å². The van der Waals surface area contributed by atoms with Crippen molar-refractivity contribution in [1.29, 1.82) is 0 Å². The minimum absolute atomic E-state index is 0.0168. The fourth-order valence-corrected chi connectivity index (χ4v) is 3.05. The number of halogens is 1. The van der Waals surface area contributed by atoms with Crippen LogP contribution < -0.4 is 10.5 Å². The molecule has 0 spiro atoms. The predicted octanol–water partition coefficient (Wildman–Crippen LogP) is 1.48. The van der Waals surface area contributed by atoms with Gasteiger partial charge in [-0.25, -0.2) is 17.5 Å². The number of hydrogen-bond acceptors (Lipinski definition) is 4. The molecule has 1 aromatic rings. The van der Waals surface area contributed by atoms with Gasteiger partial charge in [0.15, 0.2) is 0 Å². The van der Waals surface area contributed by atoms with Crippen LogP contribution in [0.2, 0.25) is 0 Å². The van der Waals surface area contributed by atoms with Gasteiger partial charge in [0.2, 0.25) is 10.0 Å². The molecule has 0 saturated heterocycles. The minimum Gasteiger partial charge on any atom is -0.396 e. The third-order valence-electron chi connectivity index (χ3n) is 3.08. The Balaban J connectivity index is 2.75. The van der Waals surface area contributed by atoms with E-state index in [-0.39, 0.29) is 29.7 Å². The molecule has 20 heavy (non-hydrogen) atoms. The lowest BCUT2D eigenvalue weighted by molar-refractivity contribution is 0.251. The molecular formula is C13H21FN2O3S. The maximum atomic E-state index is 13.3. The minimum atomic E-state index is -3.76. The number of nitrogen functional groups attached to an aromatic ring is 1. The quantitative estimate of drug-likeness (QED) is 0.634. The number of nitrogens with two attached hydrogens (primary N) is 1. The molecule has 0 radical (unpaired) electrons. The molecule has 0 heterocycles. The maximum Gasteiger partial charge on any atom is 0.240 e. The third kappa shape index (κ3) is 4.73. The average Bonchev–Trinajstić information content (AvgIpc) is 2.39. The fraction of sp³-hybridized carbons (Fsp3) is 0.538. The van der Waals surface area contributed by atoms with Gasteiger partial charge >= 0.3 is 0 Å². The van der Waals surface area contributed by atoms with Crippen molar-refractivity contribution in [3.63, 3.8) is 0 Å². The molecule has 0 aliphatic heterocycles. The largest absolute Gasteiger partial charge is 0.396 e. The Kier molecular flexibility index (Phi) is 6.38. The Morgan fingerprint density at radius 3 is 2.65 bits per heavy atom. The van der Waals surface area contributed by atoms with Crippen LogP contribution in [0.3, 0.4) is 0 Å². The number of aliphatic hydroxyl groups is 1. The lowest BCUT2D eigenvalue weighted by atomic mass is 10.0. The van der Waals surface area contributed by atoms with Crippen molar-refractivity contribution >= 4 is 15.7 Å². The van der Waals surface area contributed by atoms with Crippen molar-refractivity contribution in [1.82, 2.24) is 4.72 Å². The summed E-state index contributed by atoms with van der Waals surface area (Å²) in [5.41, 5.74) is 5.23. The van der Waals surface area contributed by atoms with Gasteiger partial charge in [-0.1, -0.05) is 13.3 Å². The molecule has 0 bridgehead atoms. The van der Waals surface area contributed by atoms with Crippen LogP contribution >= 0.6 is 0 Å². The van der Waals surface area contributed by atoms with E-state index in [4.69, 9.17) is 10.8 Å². The summed E-state index contributed by atoms with van der Waals surface area (Å²) in [5, 5.41) is 8.94. The molecule has 1 aromatic carbocycles. The molecule has 1 unspecified atom stereocenters. The molecule has 1 rings (SSSR count). The zero-order chi connectivity index (χ0) is 15.2. The zero-order valence-electron chi connectivity index (χ0n) is 11.5. The molecule has 0 aromatic heterocycles. The van der Waals surface area contributed by atoms with Crippen molar-refractivity contribution in [2.75, 3.05) is 18.9 Å². The smallest absolute Gasteiger partial charge is 0.240 e. The Bertz CT molecular complexity index is 528. The van der Waals surface area contributed by atoms with Gasteiger partial charge in [0.05, 0.1) is 10.6 Å². The summed E-state index contributed by atoms with van der Waals surface area (Å²) >= 11 is 0. The first-order chi connectivity index (χ1) is 9.40. The summed E-state index contributed by atoms with van der Waals surface area (Å²) in [6.07, 6.45) is 2.26. The Hall–Kier alpha value is -1.18. The number of hydrogen-bond donors (Lipinski definition) is 3. The fourth-order valence-electron chi connectivity index (χ4n) is 1.93. The molecule has 0 aliphatic rings. The van der Waals surface area contributed by atoms with Gasteiger partial charge in [0.25, 0.3) is 0 Å². The number of rotatable bonds is 8. The number of sulfonamides is 1. The van der Waals surface area contributed by atoms with Crippen LogP contribution in [0.4, 0.5) is 10.1 Å². The lowest BCUT2D eigenvalue weighted by Gasteiger charge is -2.16. The van der Waals surface area contributed by atoms with Crippen molar-refractivity contribution in [2.45, 2.75) is 31.1 Å². The second-order valence-electron chi connectivity index (χ2n) is 4.70. The lowest BCUT2D eigenvalue weighted by Crippen LogP contribution is -2.30. The molecule has 114 valence electrons. The average molecular weight is 304 g/mol. The Morgan fingerprint density at radius 1 is 1.40 bits per heavy atom. The molecule has 0 amide bonds. The molecule has 7 heteroatoms. The van der Waals surface area contributed by atoms with E-state index >= 15 is 0 Å². The van der Waals surface area contributed by atoms with Crippen LogP contribution in [-0.4, -0.2) is 26.7 Å². The molecular weight excluding hydrogens is 283 g/mol. The van der Waals surface area contributed by atoms with Crippen LogP contribution in [-0.2, 0) is 10.0 Å². The van der Waals surface area contributed by atoms with E-state index < -0.39 is 15.8 Å². The van der Waals surface area contributed by atoms with E-state index in [0.29, 0.717) is 6.42 Å². The number of anilines is 1. The van der Waals surface area contributed by atoms with Gasteiger partial charge in [0.1, 0.15) is 5.82 Å². The topological polar surface area (TPSA) is 92.4 Å². The highest BCUT2D eigenvalue weighted by molar-refractivity contribution is 7.89.